The van der Waals surface area contributed by atoms with Gasteiger partial charge in [-0.1, -0.05) is 30.3 Å². The van der Waals surface area contributed by atoms with Crippen LogP contribution in [-0.2, 0) is 25.5 Å². The first-order valence-electron chi connectivity index (χ1n) is 5.73. The van der Waals surface area contributed by atoms with E-state index in [0.29, 0.717) is 5.56 Å². The smallest absolute Gasteiger partial charge is 0.550 e. The Morgan fingerprint density at radius 3 is 2.35 bits per heavy atom. The fraction of sp³-hybridized carbons (Fsp3) is 0.308. The molecule has 0 saturated carbocycles. The van der Waals surface area contributed by atoms with Crippen LogP contribution in [0.4, 0.5) is 0 Å². The van der Waals surface area contributed by atoms with Crippen molar-refractivity contribution < 1.29 is 53.8 Å². The van der Waals surface area contributed by atoms with E-state index in [4.69, 9.17) is 5.73 Å². The van der Waals surface area contributed by atoms with Crippen molar-refractivity contribution in [2.24, 2.45) is 5.73 Å². The number of aliphatic carboxylic acids is 1. The summed E-state index contributed by atoms with van der Waals surface area (Å²) in [5.41, 5.74) is 6.10. The Bertz CT molecular complexity index is 463. The number of carbonyl (C=O) groups is 3. The number of carboxylic acids is 1. The van der Waals surface area contributed by atoms with Crippen molar-refractivity contribution in [2.75, 3.05) is 0 Å². The van der Waals surface area contributed by atoms with Crippen molar-refractivity contribution in [1.82, 2.24) is 0 Å². The van der Waals surface area contributed by atoms with E-state index < -0.39 is 23.9 Å². The zero-order valence-corrected chi connectivity index (χ0v) is 13.2. The standard InChI is InChI=1S/C13H15NO5.Na/c14-10(6-7-11(15)16)13(18)19-12(17)8-9-4-2-1-3-5-9;/h1-5,10H,6-8,14H2,(H,15,16);/q;+1/p-1/t10-;/m0./s1. The second kappa shape index (κ2) is 9.66. The van der Waals surface area contributed by atoms with Crippen molar-refractivity contribution in [3.8, 4) is 0 Å². The molecule has 0 aromatic heterocycles. The Hall–Kier alpha value is -1.21. The van der Waals surface area contributed by atoms with Crippen LogP contribution in [0.3, 0.4) is 0 Å². The van der Waals surface area contributed by atoms with E-state index in [-0.39, 0.29) is 48.8 Å². The molecule has 6 nitrogen and oxygen atoms in total. The number of hydrogen-bond acceptors (Lipinski definition) is 6. The molecule has 0 radical (unpaired) electrons. The van der Waals surface area contributed by atoms with Gasteiger partial charge < -0.3 is 20.4 Å². The summed E-state index contributed by atoms with van der Waals surface area (Å²) >= 11 is 0. The van der Waals surface area contributed by atoms with Gasteiger partial charge in [0.2, 0.25) is 0 Å². The molecule has 0 spiro atoms. The first-order valence-corrected chi connectivity index (χ1v) is 5.73. The molecule has 1 aromatic carbocycles. The van der Waals surface area contributed by atoms with Crippen LogP contribution in [0.25, 0.3) is 0 Å². The molecule has 2 N–H and O–H groups in total. The summed E-state index contributed by atoms with van der Waals surface area (Å²) in [5.74, 6) is -2.96. The fourth-order valence-corrected chi connectivity index (χ4v) is 1.38. The van der Waals surface area contributed by atoms with Gasteiger partial charge in [-0.2, -0.15) is 0 Å². The van der Waals surface area contributed by atoms with Crippen LogP contribution in [0.15, 0.2) is 30.3 Å². The molecular weight excluding hydrogens is 273 g/mol. The van der Waals surface area contributed by atoms with Crippen molar-refractivity contribution in [3.05, 3.63) is 35.9 Å². The van der Waals surface area contributed by atoms with Crippen molar-refractivity contribution in [2.45, 2.75) is 25.3 Å². The van der Waals surface area contributed by atoms with Crippen molar-refractivity contribution in [1.29, 1.82) is 0 Å². The summed E-state index contributed by atoms with van der Waals surface area (Å²) in [6.07, 6.45) is -0.525. The van der Waals surface area contributed by atoms with Crippen LogP contribution in [-0.4, -0.2) is 23.9 Å². The average Bonchev–Trinajstić information content (AvgIpc) is 2.36. The van der Waals surface area contributed by atoms with Crippen LogP contribution in [0, 0.1) is 0 Å². The Morgan fingerprint density at radius 2 is 1.80 bits per heavy atom. The zero-order chi connectivity index (χ0) is 14.3. The van der Waals surface area contributed by atoms with Gasteiger partial charge in [-0.25, -0.2) is 4.79 Å². The molecule has 1 rings (SSSR count). The number of ether oxygens (including phenoxy) is 1. The molecule has 1 atom stereocenters. The molecule has 0 aliphatic rings. The molecule has 0 saturated heterocycles. The molecule has 0 aliphatic carbocycles. The number of rotatable bonds is 6. The van der Waals surface area contributed by atoms with Gasteiger partial charge >= 0.3 is 41.5 Å². The third-order valence-electron chi connectivity index (χ3n) is 2.37. The number of benzene rings is 1. The normalized spacial score (nSPS) is 11.1. The largest absolute Gasteiger partial charge is 1.00 e. The minimum atomic E-state index is -1.31. The topological polar surface area (TPSA) is 110 Å². The summed E-state index contributed by atoms with van der Waals surface area (Å²) in [6.45, 7) is 0. The second-order valence-corrected chi connectivity index (χ2v) is 3.97. The van der Waals surface area contributed by atoms with Gasteiger partial charge in [-0.15, -0.1) is 0 Å². The predicted octanol–water partition coefficient (Wildman–Crippen LogP) is -3.84. The van der Waals surface area contributed by atoms with E-state index in [1.165, 1.54) is 0 Å². The Morgan fingerprint density at radius 1 is 1.20 bits per heavy atom. The molecule has 0 heterocycles. The van der Waals surface area contributed by atoms with Gasteiger partial charge in [0, 0.05) is 5.97 Å². The van der Waals surface area contributed by atoms with E-state index in [0.717, 1.165) is 0 Å². The predicted molar refractivity (Wildman–Crippen MR) is 63.5 cm³/mol. The number of carboxylic acid groups (broad SMARTS) is 1. The minimum Gasteiger partial charge on any atom is -0.550 e. The van der Waals surface area contributed by atoms with Gasteiger partial charge in [-0.3, -0.25) is 4.79 Å². The van der Waals surface area contributed by atoms with Gasteiger partial charge in [0.15, 0.2) is 0 Å². The monoisotopic (exact) mass is 287 g/mol. The Labute approximate surface area is 138 Å². The number of carbonyl (C=O) groups excluding carboxylic acids is 3. The molecule has 0 aliphatic heterocycles. The molecule has 20 heavy (non-hydrogen) atoms. The maximum atomic E-state index is 11.4. The molecule has 0 fully saturated rings. The Kier molecular flexibility index (Phi) is 9.07. The van der Waals surface area contributed by atoms with Crippen LogP contribution >= 0.6 is 0 Å². The minimum absolute atomic E-state index is 0. The molecule has 0 unspecified atom stereocenters. The van der Waals surface area contributed by atoms with Crippen molar-refractivity contribution >= 4 is 17.9 Å². The van der Waals surface area contributed by atoms with Crippen molar-refractivity contribution in [3.63, 3.8) is 0 Å². The maximum absolute atomic E-state index is 11.4. The first-order chi connectivity index (χ1) is 8.99. The van der Waals surface area contributed by atoms with E-state index >= 15 is 0 Å². The first kappa shape index (κ1) is 18.8. The molecule has 1 aromatic rings. The average molecular weight is 287 g/mol. The maximum Gasteiger partial charge on any atom is 1.00 e. The summed E-state index contributed by atoms with van der Waals surface area (Å²) in [7, 11) is 0. The quantitative estimate of drug-likeness (QED) is 0.326. The molecule has 102 valence electrons. The number of hydrogen-bond donors (Lipinski definition) is 1. The van der Waals surface area contributed by atoms with E-state index in [9.17, 15) is 19.5 Å². The van der Waals surface area contributed by atoms with Gasteiger partial charge in [-0.05, 0) is 18.4 Å². The Balaban J connectivity index is 0.00000361. The van der Waals surface area contributed by atoms with Gasteiger partial charge in [0.1, 0.15) is 6.04 Å². The zero-order valence-electron chi connectivity index (χ0n) is 11.2. The van der Waals surface area contributed by atoms with Crippen LogP contribution in [0.2, 0.25) is 0 Å². The second-order valence-electron chi connectivity index (χ2n) is 3.97. The molecule has 0 amide bonds. The van der Waals surface area contributed by atoms with Crippen LogP contribution in [0.5, 0.6) is 0 Å². The van der Waals surface area contributed by atoms with Gasteiger partial charge in [0.25, 0.3) is 0 Å². The van der Waals surface area contributed by atoms with Crippen LogP contribution < -0.4 is 40.4 Å². The molecule has 0 bridgehead atoms. The molecular formula is C13H14NNaO5. The molecule has 7 heteroatoms. The third kappa shape index (κ3) is 7.40. The summed E-state index contributed by atoms with van der Waals surface area (Å²) in [5, 5.41) is 10.2. The van der Waals surface area contributed by atoms with Crippen LogP contribution in [0.1, 0.15) is 18.4 Å². The van der Waals surface area contributed by atoms with E-state index in [2.05, 4.69) is 4.74 Å². The van der Waals surface area contributed by atoms with E-state index in [1.807, 2.05) is 0 Å². The SMILES string of the molecule is N[C@@H](CCC(=O)[O-])C(=O)OC(=O)Cc1ccccc1.[Na+]. The van der Waals surface area contributed by atoms with E-state index in [1.54, 1.807) is 30.3 Å². The summed E-state index contributed by atoms with van der Waals surface area (Å²) in [6, 6.07) is 7.63. The summed E-state index contributed by atoms with van der Waals surface area (Å²) in [4.78, 5) is 33.0. The number of nitrogens with two attached hydrogens (primary N) is 1. The summed E-state index contributed by atoms with van der Waals surface area (Å²) < 4.78 is 4.53. The fourth-order valence-electron chi connectivity index (χ4n) is 1.38. The van der Waals surface area contributed by atoms with Gasteiger partial charge in [0.05, 0.1) is 6.42 Å². The number of esters is 2. The third-order valence-corrected chi connectivity index (χ3v) is 2.37.